The number of rotatable bonds is 4. The van der Waals surface area contributed by atoms with Crippen molar-refractivity contribution >= 4 is 11.5 Å². The van der Waals surface area contributed by atoms with Gasteiger partial charge < -0.3 is 9.99 Å². The van der Waals surface area contributed by atoms with Crippen molar-refractivity contribution in [2.75, 3.05) is 5.43 Å². The zero-order valence-electron chi connectivity index (χ0n) is 10.6. The summed E-state index contributed by atoms with van der Waals surface area (Å²) >= 11 is 0. The van der Waals surface area contributed by atoms with E-state index in [0.29, 0.717) is 17.3 Å². The summed E-state index contributed by atoms with van der Waals surface area (Å²) < 4.78 is 1.47. The van der Waals surface area contributed by atoms with E-state index in [-0.39, 0.29) is 6.54 Å². The largest absolute Gasteiger partial charge is 0.340 e. The summed E-state index contributed by atoms with van der Waals surface area (Å²) in [5.41, 5.74) is 1.99. The van der Waals surface area contributed by atoms with Crippen molar-refractivity contribution in [1.29, 1.82) is 0 Å². The van der Waals surface area contributed by atoms with E-state index < -0.39 is 16.0 Å². The first-order valence-corrected chi connectivity index (χ1v) is 5.65. The molecule has 9 nitrogen and oxygen atoms in total. The van der Waals surface area contributed by atoms with Crippen LogP contribution in [0, 0.1) is 17.0 Å². The molecule has 0 unspecified atom stereocenters. The number of nitrogen functional groups attached to an aromatic ring is 1. The second-order valence-electron chi connectivity index (χ2n) is 4.08. The molecule has 2 heterocycles. The number of pyridine rings is 1. The van der Waals surface area contributed by atoms with Crippen LogP contribution in [0.3, 0.4) is 0 Å². The molecule has 0 saturated heterocycles. The summed E-state index contributed by atoms with van der Waals surface area (Å²) in [7, 11) is 0. The van der Waals surface area contributed by atoms with Gasteiger partial charge in [-0.05, 0) is 6.92 Å². The van der Waals surface area contributed by atoms with Gasteiger partial charge in [0.15, 0.2) is 5.82 Å². The van der Waals surface area contributed by atoms with E-state index >= 15 is 0 Å². The molecule has 0 fully saturated rings. The van der Waals surface area contributed by atoms with E-state index in [2.05, 4.69) is 15.4 Å². The summed E-state index contributed by atoms with van der Waals surface area (Å²) in [5, 5.41) is 10.7. The maximum Gasteiger partial charge on any atom is 0.332 e. The third kappa shape index (κ3) is 2.95. The van der Waals surface area contributed by atoms with Gasteiger partial charge in [0.05, 0.1) is 17.7 Å². The fourth-order valence-corrected chi connectivity index (χ4v) is 1.69. The summed E-state index contributed by atoms with van der Waals surface area (Å²) in [5.74, 6) is 6.16. The van der Waals surface area contributed by atoms with E-state index in [1.54, 1.807) is 13.0 Å². The van der Waals surface area contributed by atoms with E-state index in [4.69, 9.17) is 5.84 Å². The van der Waals surface area contributed by atoms with Crippen LogP contribution in [0.15, 0.2) is 29.3 Å². The van der Waals surface area contributed by atoms with Gasteiger partial charge in [-0.2, -0.15) is 0 Å². The van der Waals surface area contributed by atoms with Gasteiger partial charge in [0.1, 0.15) is 5.82 Å². The molecule has 0 spiro atoms. The normalized spacial score (nSPS) is 10.3. The standard InChI is InChI=1S/C11H12N6O3/c1-7-4-10(15-12)14-11(13-7)6-16-3-2-9(18)8(5-16)17(19)20/h2-5H,6,12H2,1H3,(H,13,14,15). The minimum Gasteiger partial charge on any atom is -0.340 e. The van der Waals surface area contributed by atoms with Crippen molar-refractivity contribution in [2.24, 2.45) is 5.84 Å². The maximum atomic E-state index is 11.3. The van der Waals surface area contributed by atoms with Gasteiger partial charge in [-0.3, -0.25) is 14.9 Å². The lowest BCUT2D eigenvalue weighted by molar-refractivity contribution is -0.386. The van der Waals surface area contributed by atoms with Crippen molar-refractivity contribution in [2.45, 2.75) is 13.5 Å². The Kier molecular flexibility index (Phi) is 3.71. The van der Waals surface area contributed by atoms with Crippen LogP contribution >= 0.6 is 0 Å². The molecule has 0 bridgehead atoms. The van der Waals surface area contributed by atoms with Crippen LogP contribution in [0.25, 0.3) is 0 Å². The molecule has 2 aromatic heterocycles. The predicted molar refractivity (Wildman–Crippen MR) is 71.0 cm³/mol. The molecule has 2 rings (SSSR count). The minimum atomic E-state index is -0.719. The Morgan fingerprint density at radius 3 is 2.90 bits per heavy atom. The van der Waals surface area contributed by atoms with E-state index in [9.17, 15) is 14.9 Å². The van der Waals surface area contributed by atoms with Gasteiger partial charge >= 0.3 is 5.69 Å². The Bertz CT molecular complexity index is 712. The fourth-order valence-electron chi connectivity index (χ4n) is 1.69. The van der Waals surface area contributed by atoms with Crippen LogP contribution in [0.4, 0.5) is 11.5 Å². The molecule has 3 N–H and O–H groups in total. The maximum absolute atomic E-state index is 11.3. The van der Waals surface area contributed by atoms with Crippen molar-refractivity contribution in [3.63, 3.8) is 0 Å². The molecule has 9 heteroatoms. The number of anilines is 1. The number of nitro groups is 1. The van der Waals surface area contributed by atoms with Crippen LogP contribution in [-0.2, 0) is 6.54 Å². The van der Waals surface area contributed by atoms with Crippen molar-refractivity contribution in [1.82, 2.24) is 14.5 Å². The average Bonchev–Trinajstić information content (AvgIpc) is 2.40. The molecule has 0 aliphatic carbocycles. The zero-order chi connectivity index (χ0) is 14.7. The Morgan fingerprint density at radius 2 is 2.25 bits per heavy atom. The average molecular weight is 276 g/mol. The molecule has 0 amide bonds. The second kappa shape index (κ2) is 5.45. The fraction of sp³-hybridized carbons (Fsp3) is 0.182. The first-order chi connectivity index (χ1) is 9.49. The molecule has 20 heavy (non-hydrogen) atoms. The van der Waals surface area contributed by atoms with Gasteiger partial charge in [0.2, 0.25) is 0 Å². The molecule has 0 atom stereocenters. The molecule has 0 aromatic carbocycles. The molecule has 0 radical (unpaired) electrons. The molecule has 0 saturated carbocycles. The highest BCUT2D eigenvalue weighted by molar-refractivity contribution is 5.34. The lowest BCUT2D eigenvalue weighted by Crippen LogP contribution is -2.14. The SMILES string of the molecule is Cc1cc(NN)nc(Cn2ccc(=O)c([N+](=O)[O-])c2)n1. The number of nitrogens with zero attached hydrogens (tertiary/aromatic N) is 4. The van der Waals surface area contributed by atoms with Crippen molar-refractivity contribution < 1.29 is 4.92 Å². The van der Waals surface area contributed by atoms with E-state index in [1.807, 2.05) is 0 Å². The molecule has 0 aliphatic heterocycles. The quantitative estimate of drug-likeness (QED) is 0.463. The molecule has 0 aliphatic rings. The first kappa shape index (κ1) is 13.6. The number of nitrogens with one attached hydrogen (secondary N) is 1. The Morgan fingerprint density at radius 1 is 1.50 bits per heavy atom. The number of aryl methyl sites for hydroxylation is 1. The van der Waals surface area contributed by atoms with Gasteiger partial charge in [-0.1, -0.05) is 0 Å². The number of nitrogens with two attached hydrogens (primary N) is 1. The summed E-state index contributed by atoms with van der Waals surface area (Å²) in [6, 6.07) is 2.80. The van der Waals surface area contributed by atoms with Crippen molar-refractivity contribution in [3.8, 4) is 0 Å². The number of hydrogen-bond donors (Lipinski definition) is 2. The highest BCUT2D eigenvalue weighted by Gasteiger charge is 2.12. The monoisotopic (exact) mass is 276 g/mol. The van der Waals surface area contributed by atoms with Crippen LogP contribution < -0.4 is 16.7 Å². The third-order valence-electron chi connectivity index (χ3n) is 2.53. The Balaban J connectivity index is 2.35. The highest BCUT2D eigenvalue weighted by atomic mass is 16.6. The molecule has 104 valence electrons. The number of hydrazine groups is 1. The van der Waals surface area contributed by atoms with Crippen LogP contribution in [0.5, 0.6) is 0 Å². The smallest absolute Gasteiger partial charge is 0.332 e. The Hall–Kier alpha value is -2.81. The highest BCUT2D eigenvalue weighted by Crippen LogP contribution is 2.08. The number of hydrogen-bond acceptors (Lipinski definition) is 7. The second-order valence-corrected chi connectivity index (χ2v) is 4.08. The minimum absolute atomic E-state index is 0.192. The first-order valence-electron chi connectivity index (χ1n) is 5.65. The van der Waals surface area contributed by atoms with Gasteiger partial charge in [0, 0.05) is 24.0 Å². The third-order valence-corrected chi connectivity index (χ3v) is 2.53. The van der Waals surface area contributed by atoms with E-state index in [0.717, 1.165) is 12.3 Å². The lowest BCUT2D eigenvalue weighted by atomic mass is 10.3. The zero-order valence-corrected chi connectivity index (χ0v) is 10.6. The lowest BCUT2D eigenvalue weighted by Gasteiger charge is -2.07. The summed E-state index contributed by atoms with van der Waals surface area (Å²) in [6.45, 7) is 1.97. The molecular weight excluding hydrogens is 264 g/mol. The summed E-state index contributed by atoms with van der Waals surface area (Å²) in [6.07, 6.45) is 2.60. The topological polar surface area (TPSA) is 129 Å². The van der Waals surface area contributed by atoms with Crippen LogP contribution in [0.2, 0.25) is 0 Å². The van der Waals surface area contributed by atoms with Crippen LogP contribution in [0.1, 0.15) is 11.5 Å². The predicted octanol–water partition coefficient (Wildman–Crippen LogP) is 0.189. The Labute approximate surface area is 113 Å². The number of aromatic nitrogens is 3. The van der Waals surface area contributed by atoms with Gasteiger partial charge in [-0.15, -0.1) is 0 Å². The molecular formula is C11H12N6O3. The van der Waals surface area contributed by atoms with Crippen LogP contribution in [-0.4, -0.2) is 19.5 Å². The molecule has 2 aromatic rings. The van der Waals surface area contributed by atoms with Crippen molar-refractivity contribution in [3.05, 3.63) is 56.4 Å². The van der Waals surface area contributed by atoms with E-state index in [1.165, 1.54) is 10.8 Å². The van der Waals surface area contributed by atoms with Gasteiger partial charge in [0.25, 0.3) is 5.43 Å². The van der Waals surface area contributed by atoms with Gasteiger partial charge in [-0.25, -0.2) is 15.8 Å². The summed E-state index contributed by atoms with van der Waals surface area (Å²) in [4.78, 5) is 29.6.